The predicted molar refractivity (Wildman–Crippen MR) is 83.1 cm³/mol. The van der Waals surface area contributed by atoms with Gasteiger partial charge in [-0.25, -0.2) is 4.79 Å². The van der Waals surface area contributed by atoms with E-state index in [4.69, 9.17) is 4.74 Å². The molecule has 0 atom stereocenters. The first-order valence-corrected chi connectivity index (χ1v) is 7.74. The fourth-order valence-corrected chi connectivity index (χ4v) is 2.54. The number of ether oxygens (including phenoxy) is 1. The average Bonchev–Trinajstić information content (AvgIpc) is 2.76. The van der Waals surface area contributed by atoms with Crippen molar-refractivity contribution in [1.29, 1.82) is 0 Å². The molecular formula is C16H27N3O2. The molecule has 0 spiro atoms. The summed E-state index contributed by atoms with van der Waals surface area (Å²) in [6, 6.07) is 4.93. The van der Waals surface area contributed by atoms with Crippen LogP contribution in [0.25, 0.3) is 0 Å². The van der Waals surface area contributed by atoms with Crippen LogP contribution in [-0.4, -0.2) is 28.3 Å². The van der Waals surface area contributed by atoms with Gasteiger partial charge in [-0.1, -0.05) is 0 Å². The topological polar surface area (TPSA) is 55.3 Å². The highest BCUT2D eigenvalue weighted by molar-refractivity contribution is 5.68. The molecule has 21 heavy (non-hydrogen) atoms. The third kappa shape index (κ3) is 4.77. The summed E-state index contributed by atoms with van der Waals surface area (Å²) in [5, 5.41) is 6.45. The largest absolute Gasteiger partial charge is 0.444 e. The van der Waals surface area contributed by atoms with E-state index in [1.807, 2.05) is 20.8 Å². The molecule has 2 N–H and O–H groups in total. The van der Waals surface area contributed by atoms with Gasteiger partial charge in [0.15, 0.2) is 0 Å². The second-order valence-electron chi connectivity index (χ2n) is 6.68. The van der Waals surface area contributed by atoms with Crippen molar-refractivity contribution >= 4 is 6.09 Å². The number of nitrogens with one attached hydrogen (secondary N) is 2. The van der Waals surface area contributed by atoms with Crippen LogP contribution in [0, 0.1) is 0 Å². The SMILES string of the molecule is CCn1cccc1CNC1CC(NC(=O)OC(C)(C)C)C1. The molecular weight excluding hydrogens is 266 g/mol. The van der Waals surface area contributed by atoms with Crippen LogP contribution >= 0.6 is 0 Å². The fourth-order valence-electron chi connectivity index (χ4n) is 2.54. The summed E-state index contributed by atoms with van der Waals surface area (Å²) in [6.45, 7) is 9.65. The second kappa shape index (κ2) is 6.52. The molecule has 0 radical (unpaired) electrons. The second-order valence-corrected chi connectivity index (χ2v) is 6.68. The van der Waals surface area contributed by atoms with Crippen LogP contribution in [0.15, 0.2) is 18.3 Å². The zero-order valence-corrected chi connectivity index (χ0v) is 13.5. The molecule has 1 saturated carbocycles. The zero-order chi connectivity index (χ0) is 15.5. The number of rotatable bonds is 5. The Labute approximate surface area is 127 Å². The van der Waals surface area contributed by atoms with Crippen LogP contribution in [0.1, 0.15) is 46.2 Å². The Morgan fingerprint density at radius 2 is 2.10 bits per heavy atom. The molecule has 0 aliphatic heterocycles. The number of aromatic nitrogens is 1. The van der Waals surface area contributed by atoms with Crippen LogP contribution in [0.5, 0.6) is 0 Å². The minimum absolute atomic E-state index is 0.232. The van der Waals surface area contributed by atoms with Gasteiger partial charge < -0.3 is 19.9 Å². The zero-order valence-electron chi connectivity index (χ0n) is 13.5. The monoisotopic (exact) mass is 293 g/mol. The number of alkyl carbamates (subject to hydrolysis) is 1. The van der Waals surface area contributed by atoms with Gasteiger partial charge in [0.05, 0.1) is 0 Å². The summed E-state index contributed by atoms with van der Waals surface area (Å²) in [5.74, 6) is 0. The first-order valence-electron chi connectivity index (χ1n) is 7.74. The maximum Gasteiger partial charge on any atom is 0.407 e. The molecule has 1 amide bonds. The number of carbonyl (C=O) groups is 1. The summed E-state index contributed by atoms with van der Waals surface area (Å²) >= 11 is 0. The van der Waals surface area contributed by atoms with Gasteiger partial charge in [-0.3, -0.25) is 0 Å². The summed E-state index contributed by atoms with van der Waals surface area (Å²) in [4.78, 5) is 11.6. The number of aryl methyl sites for hydroxylation is 1. The van der Waals surface area contributed by atoms with Gasteiger partial charge in [-0.15, -0.1) is 0 Å². The number of hydrogen-bond donors (Lipinski definition) is 2. The molecule has 0 saturated heterocycles. The van der Waals surface area contributed by atoms with Crippen molar-refractivity contribution in [1.82, 2.24) is 15.2 Å². The maximum atomic E-state index is 11.6. The van der Waals surface area contributed by atoms with E-state index in [0.29, 0.717) is 6.04 Å². The lowest BCUT2D eigenvalue weighted by molar-refractivity contribution is 0.0465. The Balaban J connectivity index is 1.64. The summed E-state index contributed by atoms with van der Waals surface area (Å²) in [5.41, 5.74) is 0.873. The average molecular weight is 293 g/mol. The van der Waals surface area contributed by atoms with Crippen molar-refractivity contribution in [3.05, 3.63) is 24.0 Å². The molecule has 1 heterocycles. The van der Waals surface area contributed by atoms with Crippen LogP contribution < -0.4 is 10.6 Å². The third-order valence-electron chi connectivity index (χ3n) is 3.70. The summed E-state index contributed by atoms with van der Waals surface area (Å²) < 4.78 is 7.49. The Bertz CT molecular complexity index is 470. The summed E-state index contributed by atoms with van der Waals surface area (Å²) in [7, 11) is 0. The fraction of sp³-hybridized carbons (Fsp3) is 0.688. The number of amides is 1. The van der Waals surface area contributed by atoms with Gasteiger partial charge in [-0.2, -0.15) is 0 Å². The lowest BCUT2D eigenvalue weighted by Gasteiger charge is -2.36. The van der Waals surface area contributed by atoms with E-state index in [9.17, 15) is 4.79 Å². The number of carbonyl (C=O) groups excluding carboxylic acids is 1. The standard InChI is InChI=1S/C16H27N3O2/c1-5-19-8-6-7-14(19)11-17-12-9-13(10-12)18-15(20)21-16(2,3)4/h6-8,12-13,17H,5,9-11H2,1-4H3,(H,18,20). The minimum atomic E-state index is -0.433. The highest BCUT2D eigenvalue weighted by Crippen LogP contribution is 2.21. The van der Waals surface area contributed by atoms with Crippen LogP contribution in [0.3, 0.4) is 0 Å². The van der Waals surface area contributed by atoms with Crippen LogP contribution in [-0.2, 0) is 17.8 Å². The quantitative estimate of drug-likeness (QED) is 0.877. The molecule has 5 nitrogen and oxygen atoms in total. The van der Waals surface area contributed by atoms with Crippen LogP contribution in [0.2, 0.25) is 0 Å². The van der Waals surface area contributed by atoms with Crippen molar-refractivity contribution in [3.8, 4) is 0 Å². The van der Waals surface area contributed by atoms with Gasteiger partial charge in [0, 0.05) is 37.1 Å². The van der Waals surface area contributed by atoms with E-state index in [0.717, 1.165) is 25.9 Å². The van der Waals surface area contributed by atoms with Crippen molar-refractivity contribution in [3.63, 3.8) is 0 Å². The van der Waals surface area contributed by atoms with Gasteiger partial charge in [0.1, 0.15) is 5.60 Å². The minimum Gasteiger partial charge on any atom is -0.444 e. The first-order chi connectivity index (χ1) is 9.87. The first kappa shape index (κ1) is 15.9. The molecule has 2 rings (SSSR count). The van der Waals surface area contributed by atoms with E-state index < -0.39 is 5.60 Å². The Kier molecular flexibility index (Phi) is 4.93. The van der Waals surface area contributed by atoms with E-state index in [1.165, 1.54) is 5.69 Å². The molecule has 1 aromatic heterocycles. The molecule has 1 fully saturated rings. The molecule has 5 heteroatoms. The molecule has 1 aromatic rings. The Morgan fingerprint density at radius 1 is 1.38 bits per heavy atom. The number of hydrogen-bond acceptors (Lipinski definition) is 3. The van der Waals surface area contributed by atoms with Gasteiger partial charge >= 0.3 is 6.09 Å². The van der Waals surface area contributed by atoms with E-state index >= 15 is 0 Å². The molecule has 0 unspecified atom stereocenters. The highest BCUT2D eigenvalue weighted by atomic mass is 16.6. The third-order valence-corrected chi connectivity index (χ3v) is 3.70. The molecule has 118 valence electrons. The van der Waals surface area contributed by atoms with E-state index in [2.05, 4.69) is 40.5 Å². The molecule has 0 aromatic carbocycles. The van der Waals surface area contributed by atoms with Crippen LogP contribution in [0.4, 0.5) is 4.79 Å². The predicted octanol–water partition coefficient (Wildman–Crippen LogP) is 2.65. The number of nitrogens with zero attached hydrogens (tertiary/aromatic N) is 1. The maximum absolute atomic E-state index is 11.6. The highest BCUT2D eigenvalue weighted by Gasteiger charge is 2.31. The lowest BCUT2D eigenvalue weighted by Crippen LogP contribution is -2.53. The van der Waals surface area contributed by atoms with Gasteiger partial charge in [-0.05, 0) is 52.7 Å². The van der Waals surface area contributed by atoms with Crippen molar-refractivity contribution in [2.45, 2.75) is 71.3 Å². The van der Waals surface area contributed by atoms with Crippen molar-refractivity contribution < 1.29 is 9.53 Å². The molecule has 0 bridgehead atoms. The summed E-state index contributed by atoms with van der Waals surface area (Å²) in [6.07, 6.45) is 3.72. The van der Waals surface area contributed by atoms with Gasteiger partial charge in [0.25, 0.3) is 0 Å². The Morgan fingerprint density at radius 3 is 2.71 bits per heavy atom. The van der Waals surface area contributed by atoms with E-state index in [1.54, 1.807) is 0 Å². The lowest BCUT2D eigenvalue weighted by atomic mass is 9.87. The van der Waals surface area contributed by atoms with E-state index in [-0.39, 0.29) is 12.1 Å². The van der Waals surface area contributed by atoms with Gasteiger partial charge in [0.2, 0.25) is 0 Å². The van der Waals surface area contributed by atoms with Crippen molar-refractivity contribution in [2.24, 2.45) is 0 Å². The normalized spacial score (nSPS) is 21.7. The molecule has 1 aliphatic carbocycles. The Hall–Kier alpha value is -1.49. The molecule has 1 aliphatic rings. The van der Waals surface area contributed by atoms with Crippen molar-refractivity contribution in [2.75, 3.05) is 0 Å². The smallest absolute Gasteiger partial charge is 0.407 e.